The van der Waals surface area contributed by atoms with E-state index < -0.39 is 0 Å². The molecule has 0 fully saturated rings. The Labute approximate surface area is 162 Å². The summed E-state index contributed by atoms with van der Waals surface area (Å²) in [6.45, 7) is 3.85. The molecule has 138 valence electrons. The Morgan fingerprint density at radius 1 is 1.15 bits per heavy atom. The Kier molecular flexibility index (Phi) is 6.89. The maximum absolute atomic E-state index is 12.2. The van der Waals surface area contributed by atoms with E-state index in [0.29, 0.717) is 27.0 Å². The van der Waals surface area contributed by atoms with Gasteiger partial charge in [0.05, 0.1) is 23.4 Å². The topological polar surface area (TPSA) is 58.6 Å². The zero-order valence-corrected chi connectivity index (χ0v) is 16.3. The molecule has 0 aromatic heterocycles. The first-order valence-electron chi connectivity index (χ1n) is 8.00. The van der Waals surface area contributed by atoms with E-state index in [9.17, 15) is 9.59 Å². The first-order valence-corrected chi connectivity index (χ1v) is 8.75. The van der Waals surface area contributed by atoms with Gasteiger partial charge in [-0.25, -0.2) is 0 Å². The van der Waals surface area contributed by atoms with Crippen LogP contribution in [0.15, 0.2) is 36.4 Å². The largest absolute Gasteiger partial charge is 0.495 e. The number of nitrogens with one attached hydrogen (secondary N) is 1. The van der Waals surface area contributed by atoms with Crippen molar-refractivity contribution < 1.29 is 14.3 Å². The molecule has 0 spiro atoms. The van der Waals surface area contributed by atoms with E-state index in [1.54, 1.807) is 36.4 Å². The Balaban J connectivity index is 2.13. The van der Waals surface area contributed by atoms with Gasteiger partial charge >= 0.3 is 0 Å². The van der Waals surface area contributed by atoms with E-state index >= 15 is 0 Å². The van der Waals surface area contributed by atoms with Gasteiger partial charge in [-0.05, 0) is 30.7 Å². The SMILES string of the molecule is COc1cc(Cl)c(C)cc1N(CCNC(=O)c1ccccc1Cl)C(C)=O. The third kappa shape index (κ3) is 4.68. The lowest BCUT2D eigenvalue weighted by Crippen LogP contribution is -2.37. The number of anilines is 1. The van der Waals surface area contributed by atoms with Crippen molar-refractivity contribution in [2.45, 2.75) is 13.8 Å². The molecule has 5 nitrogen and oxygen atoms in total. The minimum Gasteiger partial charge on any atom is -0.495 e. The van der Waals surface area contributed by atoms with Gasteiger partial charge in [0.1, 0.15) is 5.75 Å². The maximum Gasteiger partial charge on any atom is 0.252 e. The highest BCUT2D eigenvalue weighted by atomic mass is 35.5. The molecule has 0 saturated carbocycles. The van der Waals surface area contributed by atoms with Crippen molar-refractivity contribution in [3.63, 3.8) is 0 Å². The molecule has 0 aliphatic rings. The fraction of sp³-hybridized carbons (Fsp3) is 0.263. The first-order chi connectivity index (χ1) is 12.3. The minimum absolute atomic E-state index is 0.169. The predicted molar refractivity (Wildman–Crippen MR) is 105 cm³/mol. The van der Waals surface area contributed by atoms with E-state index in [1.807, 2.05) is 6.92 Å². The minimum atomic E-state index is -0.293. The van der Waals surface area contributed by atoms with Crippen molar-refractivity contribution in [3.05, 3.63) is 57.6 Å². The second kappa shape index (κ2) is 8.92. The van der Waals surface area contributed by atoms with Gasteiger partial charge in [-0.15, -0.1) is 0 Å². The third-order valence-corrected chi connectivity index (χ3v) is 4.61. The molecule has 2 amide bonds. The van der Waals surface area contributed by atoms with Gasteiger partial charge in [0.25, 0.3) is 5.91 Å². The molecule has 26 heavy (non-hydrogen) atoms. The molecular formula is C19H20Cl2N2O3. The lowest BCUT2D eigenvalue weighted by atomic mass is 10.1. The quantitative estimate of drug-likeness (QED) is 0.802. The molecule has 7 heteroatoms. The van der Waals surface area contributed by atoms with E-state index in [2.05, 4.69) is 5.32 Å². The van der Waals surface area contributed by atoms with Gasteiger partial charge < -0.3 is 15.0 Å². The number of aryl methyl sites for hydroxylation is 1. The number of ether oxygens (including phenoxy) is 1. The highest BCUT2D eigenvalue weighted by Crippen LogP contribution is 2.33. The van der Waals surface area contributed by atoms with Crippen molar-refractivity contribution in [2.24, 2.45) is 0 Å². The Morgan fingerprint density at radius 3 is 2.46 bits per heavy atom. The summed E-state index contributed by atoms with van der Waals surface area (Å²) >= 11 is 12.1. The van der Waals surface area contributed by atoms with Crippen LogP contribution >= 0.6 is 23.2 Å². The summed E-state index contributed by atoms with van der Waals surface area (Å²) in [5, 5.41) is 3.71. The number of amides is 2. The Bertz CT molecular complexity index is 824. The van der Waals surface area contributed by atoms with E-state index in [0.717, 1.165) is 5.56 Å². The molecule has 0 bridgehead atoms. The Morgan fingerprint density at radius 2 is 1.85 bits per heavy atom. The molecule has 0 heterocycles. The zero-order valence-electron chi connectivity index (χ0n) is 14.8. The normalized spacial score (nSPS) is 10.3. The number of rotatable bonds is 6. The van der Waals surface area contributed by atoms with Crippen LogP contribution in [0.5, 0.6) is 5.75 Å². The van der Waals surface area contributed by atoms with Crippen LogP contribution in [0.2, 0.25) is 10.0 Å². The molecule has 2 aromatic carbocycles. The zero-order chi connectivity index (χ0) is 19.3. The second-order valence-corrected chi connectivity index (χ2v) is 6.49. The van der Waals surface area contributed by atoms with Gasteiger partial charge in [0, 0.05) is 31.1 Å². The summed E-state index contributed by atoms with van der Waals surface area (Å²) in [6.07, 6.45) is 0. The molecule has 0 saturated heterocycles. The summed E-state index contributed by atoms with van der Waals surface area (Å²) in [5.41, 5.74) is 1.83. The van der Waals surface area contributed by atoms with Crippen LogP contribution in [0.4, 0.5) is 5.69 Å². The van der Waals surface area contributed by atoms with Crippen LogP contribution < -0.4 is 15.0 Å². The molecule has 0 atom stereocenters. The molecule has 0 unspecified atom stereocenters. The number of nitrogens with zero attached hydrogens (tertiary/aromatic N) is 1. The molecule has 1 N–H and O–H groups in total. The summed E-state index contributed by atoms with van der Waals surface area (Å²) < 4.78 is 5.34. The second-order valence-electron chi connectivity index (χ2n) is 5.68. The smallest absolute Gasteiger partial charge is 0.252 e. The fourth-order valence-corrected chi connectivity index (χ4v) is 2.87. The van der Waals surface area contributed by atoms with Crippen LogP contribution in [0, 0.1) is 6.92 Å². The van der Waals surface area contributed by atoms with Crippen LogP contribution in [0.1, 0.15) is 22.8 Å². The van der Waals surface area contributed by atoms with Crippen LogP contribution in [-0.2, 0) is 4.79 Å². The predicted octanol–water partition coefficient (Wildman–Crippen LogP) is 4.09. The molecule has 2 aromatic rings. The van der Waals surface area contributed by atoms with Crippen molar-refractivity contribution >= 4 is 40.7 Å². The monoisotopic (exact) mass is 394 g/mol. The van der Waals surface area contributed by atoms with Gasteiger partial charge in [0.15, 0.2) is 0 Å². The summed E-state index contributed by atoms with van der Waals surface area (Å²) in [6, 6.07) is 10.3. The number of benzene rings is 2. The summed E-state index contributed by atoms with van der Waals surface area (Å²) in [4.78, 5) is 25.9. The van der Waals surface area contributed by atoms with Crippen molar-refractivity contribution in [2.75, 3.05) is 25.1 Å². The highest BCUT2D eigenvalue weighted by molar-refractivity contribution is 6.33. The van der Waals surface area contributed by atoms with Crippen LogP contribution in [0.25, 0.3) is 0 Å². The lowest BCUT2D eigenvalue weighted by Gasteiger charge is -2.24. The number of carbonyl (C=O) groups is 2. The van der Waals surface area contributed by atoms with E-state index in [-0.39, 0.29) is 24.9 Å². The lowest BCUT2D eigenvalue weighted by molar-refractivity contribution is -0.116. The molecule has 0 radical (unpaired) electrons. The van der Waals surface area contributed by atoms with Gasteiger partial charge in [-0.3, -0.25) is 9.59 Å². The van der Waals surface area contributed by atoms with Gasteiger partial charge in [-0.1, -0.05) is 35.3 Å². The number of halogens is 2. The average molecular weight is 395 g/mol. The van der Waals surface area contributed by atoms with Crippen molar-refractivity contribution in [1.82, 2.24) is 5.32 Å². The molecule has 0 aliphatic heterocycles. The number of hydrogen-bond donors (Lipinski definition) is 1. The van der Waals surface area contributed by atoms with Crippen molar-refractivity contribution in [1.29, 1.82) is 0 Å². The van der Waals surface area contributed by atoms with Crippen LogP contribution in [0.3, 0.4) is 0 Å². The third-order valence-electron chi connectivity index (χ3n) is 3.87. The average Bonchev–Trinajstić information content (AvgIpc) is 2.60. The number of hydrogen-bond acceptors (Lipinski definition) is 3. The van der Waals surface area contributed by atoms with Crippen LogP contribution in [-0.4, -0.2) is 32.0 Å². The molecule has 2 rings (SSSR count). The molecule has 0 aliphatic carbocycles. The van der Waals surface area contributed by atoms with E-state index in [1.165, 1.54) is 18.9 Å². The Hall–Kier alpha value is -2.24. The number of methoxy groups -OCH3 is 1. The first kappa shape index (κ1) is 20.1. The summed E-state index contributed by atoms with van der Waals surface area (Å²) in [5.74, 6) is 0.0311. The number of carbonyl (C=O) groups excluding carboxylic acids is 2. The fourth-order valence-electron chi connectivity index (χ4n) is 2.49. The highest BCUT2D eigenvalue weighted by Gasteiger charge is 2.18. The van der Waals surface area contributed by atoms with E-state index in [4.69, 9.17) is 27.9 Å². The maximum atomic E-state index is 12.2. The standard InChI is InChI=1S/C19H20Cl2N2O3/c1-12-10-17(18(26-3)11-16(12)21)23(13(2)24)9-8-22-19(25)14-6-4-5-7-15(14)20/h4-7,10-11H,8-9H2,1-3H3,(H,22,25). The van der Waals surface area contributed by atoms with Crippen molar-refractivity contribution in [3.8, 4) is 5.75 Å². The van der Waals surface area contributed by atoms with Gasteiger partial charge in [0.2, 0.25) is 5.91 Å². The summed E-state index contributed by atoms with van der Waals surface area (Å²) in [7, 11) is 1.52. The molecular weight excluding hydrogens is 375 g/mol. The van der Waals surface area contributed by atoms with Gasteiger partial charge in [-0.2, -0.15) is 0 Å².